The van der Waals surface area contributed by atoms with Crippen LogP contribution in [0.25, 0.3) is 97.9 Å². The average molecular weight is 637 g/mol. The Kier molecular flexibility index (Phi) is 4.84. The average Bonchev–Trinajstić information content (AvgIpc) is 3.79. The Morgan fingerprint density at radius 1 is 0.562 bits per heavy atom. The molecule has 0 aliphatic carbocycles. The minimum Gasteiger partial charge on any atom is -0.456 e. The molecule has 0 saturated carbocycles. The van der Waals surface area contributed by atoms with Crippen LogP contribution < -0.4 is 0 Å². The summed E-state index contributed by atoms with van der Waals surface area (Å²) in [5.41, 5.74) is 4.92. The van der Waals surface area contributed by atoms with Crippen molar-refractivity contribution in [1.82, 2.24) is 9.97 Å². The van der Waals surface area contributed by atoms with Crippen LogP contribution in [0, 0.1) is 0 Å². The molecule has 48 heavy (non-hydrogen) atoms. The number of thiophene rings is 1. The third kappa shape index (κ3) is 4.34. The first-order chi connectivity index (χ1) is 26.3. The quantitative estimate of drug-likeness (QED) is 0.193. The molecule has 224 valence electrons. The van der Waals surface area contributed by atoms with E-state index >= 15 is 0 Å². The van der Waals surface area contributed by atoms with Crippen molar-refractivity contribution in [3.8, 4) is 44.9 Å². The molecule has 10 rings (SSSR count). The number of aromatic nitrogens is 2. The summed E-state index contributed by atoms with van der Waals surface area (Å²) in [4.78, 5) is 10.2. The number of benzene rings is 7. The highest BCUT2D eigenvalue weighted by molar-refractivity contribution is 7.26. The molecule has 3 nitrogen and oxygen atoms in total. The predicted molar refractivity (Wildman–Crippen MR) is 201 cm³/mol. The molecule has 7 aromatic carbocycles. The number of hydrogen-bond acceptors (Lipinski definition) is 4. The van der Waals surface area contributed by atoms with Gasteiger partial charge in [0.2, 0.25) is 0 Å². The lowest BCUT2D eigenvalue weighted by molar-refractivity contribution is 0.669. The summed E-state index contributed by atoms with van der Waals surface area (Å²) < 4.78 is 63.2. The molecule has 0 amide bonds. The fraction of sp³-hybridized carbons (Fsp3) is 0. The van der Waals surface area contributed by atoms with Crippen molar-refractivity contribution in [2.75, 3.05) is 0 Å². The van der Waals surface area contributed by atoms with Crippen LogP contribution in [0.3, 0.4) is 0 Å². The number of hydrogen-bond donors (Lipinski definition) is 0. The van der Waals surface area contributed by atoms with Gasteiger partial charge in [0.25, 0.3) is 0 Å². The number of nitrogens with zero attached hydrogens (tertiary/aromatic N) is 2. The van der Waals surface area contributed by atoms with E-state index in [0.29, 0.717) is 16.8 Å². The molecule has 0 saturated heterocycles. The Morgan fingerprint density at radius 2 is 1.35 bits per heavy atom. The zero-order valence-electron chi connectivity index (χ0n) is 31.3. The van der Waals surface area contributed by atoms with Gasteiger partial charge in [-0.15, -0.1) is 11.3 Å². The molecule has 3 aromatic heterocycles. The number of fused-ring (bicyclic) bond motifs is 7. The van der Waals surface area contributed by atoms with E-state index in [9.17, 15) is 5.48 Å². The summed E-state index contributed by atoms with van der Waals surface area (Å²) in [5, 5.41) is 3.33. The van der Waals surface area contributed by atoms with Crippen molar-refractivity contribution >= 4 is 64.4 Å². The maximum atomic E-state index is 9.38. The van der Waals surface area contributed by atoms with Gasteiger partial charge in [0.1, 0.15) is 11.2 Å². The molecule has 4 heteroatoms. The Balaban J connectivity index is 1.28. The van der Waals surface area contributed by atoms with E-state index in [1.807, 2.05) is 103 Å². The number of furan rings is 1. The molecular weight excluding hydrogens is 605 g/mol. The van der Waals surface area contributed by atoms with Crippen molar-refractivity contribution in [1.29, 1.82) is 0 Å². The van der Waals surface area contributed by atoms with Gasteiger partial charge in [0.15, 0.2) is 5.82 Å². The van der Waals surface area contributed by atoms with Crippen LogP contribution >= 0.6 is 11.3 Å². The minimum absolute atomic E-state index is 0.00248. The second-order valence-electron chi connectivity index (χ2n) is 11.7. The van der Waals surface area contributed by atoms with Crippen LogP contribution in [-0.4, -0.2) is 9.97 Å². The van der Waals surface area contributed by atoms with Crippen LogP contribution in [0.5, 0.6) is 0 Å². The lowest BCUT2D eigenvalue weighted by Gasteiger charge is -2.09. The topological polar surface area (TPSA) is 38.9 Å². The third-order valence-corrected chi connectivity index (χ3v) is 9.96. The molecule has 3 heterocycles. The summed E-state index contributed by atoms with van der Waals surface area (Å²) in [7, 11) is 0. The summed E-state index contributed by atoms with van der Waals surface area (Å²) in [5.74, 6) is 0.137. The zero-order valence-corrected chi connectivity index (χ0v) is 26.1. The van der Waals surface area contributed by atoms with Gasteiger partial charge in [-0.1, -0.05) is 121 Å². The van der Waals surface area contributed by atoms with E-state index in [-0.39, 0.29) is 75.1 Å². The lowest BCUT2D eigenvalue weighted by Crippen LogP contribution is -1.94. The second kappa shape index (κ2) is 10.7. The van der Waals surface area contributed by atoms with E-state index in [1.54, 1.807) is 17.4 Å². The SMILES string of the molecule is [2H]c1c([2H])c(-c2nc(-c3ccc4ccccc4c3)c3sc4ccccc4c3n2)c2c(oc3c([2H])c(-c4cccc(-c5ccccc5)c4)c([2H])c([2H])c32)c1[2H]. The molecule has 0 bridgehead atoms. The Bertz CT molecular complexity index is 3190. The van der Waals surface area contributed by atoms with Gasteiger partial charge >= 0.3 is 0 Å². The first-order valence-corrected chi connectivity index (χ1v) is 16.4. The minimum atomic E-state index is -0.386. The molecule has 0 unspecified atom stereocenters. The smallest absolute Gasteiger partial charge is 0.161 e. The normalized spacial score (nSPS) is 13.5. The van der Waals surface area contributed by atoms with E-state index in [4.69, 9.17) is 17.1 Å². The van der Waals surface area contributed by atoms with Crippen LogP contribution in [0.2, 0.25) is 0 Å². The molecular formula is C44H26N2OS. The monoisotopic (exact) mass is 636 g/mol. The highest BCUT2D eigenvalue weighted by Gasteiger charge is 2.20. The third-order valence-electron chi connectivity index (χ3n) is 8.80. The lowest BCUT2D eigenvalue weighted by atomic mass is 9.98. The molecule has 0 atom stereocenters. The van der Waals surface area contributed by atoms with Crippen molar-refractivity contribution in [3.63, 3.8) is 0 Å². The van der Waals surface area contributed by atoms with Gasteiger partial charge in [-0.05, 0) is 69.4 Å². The summed E-state index contributed by atoms with van der Waals surface area (Å²) in [6, 6.07) is 37.9. The summed E-state index contributed by atoms with van der Waals surface area (Å²) in [6.45, 7) is 0. The second-order valence-corrected chi connectivity index (χ2v) is 12.7. The predicted octanol–water partition coefficient (Wildman–Crippen LogP) is 12.6. The first-order valence-electron chi connectivity index (χ1n) is 18.6. The molecule has 0 spiro atoms. The van der Waals surface area contributed by atoms with Crippen molar-refractivity contribution in [2.45, 2.75) is 0 Å². The molecule has 0 radical (unpaired) electrons. The fourth-order valence-electron chi connectivity index (χ4n) is 6.48. The van der Waals surface area contributed by atoms with Crippen molar-refractivity contribution < 1.29 is 12.6 Å². The van der Waals surface area contributed by atoms with Gasteiger partial charge in [-0.25, -0.2) is 9.97 Å². The Morgan fingerprint density at radius 3 is 2.27 bits per heavy atom. The van der Waals surface area contributed by atoms with Crippen LogP contribution in [0.1, 0.15) is 8.22 Å². The van der Waals surface area contributed by atoms with E-state index < -0.39 is 0 Å². The Labute approximate surface area is 288 Å². The van der Waals surface area contributed by atoms with E-state index in [0.717, 1.165) is 42.2 Å². The highest BCUT2D eigenvalue weighted by atomic mass is 32.1. The summed E-state index contributed by atoms with van der Waals surface area (Å²) in [6.07, 6.45) is 0. The fourth-order valence-corrected chi connectivity index (χ4v) is 7.63. The van der Waals surface area contributed by atoms with Crippen LogP contribution in [-0.2, 0) is 0 Å². The van der Waals surface area contributed by atoms with Gasteiger partial charge in [0.05, 0.1) is 24.1 Å². The van der Waals surface area contributed by atoms with Crippen molar-refractivity contribution in [2.24, 2.45) is 0 Å². The molecule has 10 aromatic rings. The standard InChI is InChI=1S/C44H26N2OS/c1-2-10-27(11-3-1)30-14-8-15-31(24-30)32-22-23-34-38(26-32)47-37-18-9-17-36(40(34)37)44-45-41(33-21-20-28-12-4-5-13-29(28)25-33)43-42(46-44)35-16-6-7-19-39(35)48-43/h1-26H/i9D,17D,18D,22D,23D,26D. The van der Waals surface area contributed by atoms with Crippen molar-refractivity contribution in [3.05, 3.63) is 158 Å². The van der Waals surface area contributed by atoms with E-state index in [2.05, 4.69) is 12.1 Å². The first kappa shape index (κ1) is 21.6. The van der Waals surface area contributed by atoms with Crippen LogP contribution in [0.15, 0.2) is 162 Å². The highest BCUT2D eigenvalue weighted by Crippen LogP contribution is 2.42. The molecule has 0 fully saturated rings. The van der Waals surface area contributed by atoms with Gasteiger partial charge in [-0.3, -0.25) is 0 Å². The number of rotatable bonds is 4. The molecule has 0 N–H and O–H groups in total. The Hall–Kier alpha value is -6.10. The van der Waals surface area contributed by atoms with E-state index in [1.165, 1.54) is 0 Å². The van der Waals surface area contributed by atoms with Gasteiger partial charge < -0.3 is 4.42 Å². The molecule has 0 aliphatic heterocycles. The molecule has 0 aliphatic rings. The zero-order chi connectivity index (χ0) is 36.8. The maximum absolute atomic E-state index is 9.38. The maximum Gasteiger partial charge on any atom is 0.161 e. The largest absolute Gasteiger partial charge is 0.456 e. The summed E-state index contributed by atoms with van der Waals surface area (Å²) >= 11 is 1.58. The van der Waals surface area contributed by atoms with Gasteiger partial charge in [0, 0.05) is 32.0 Å². The van der Waals surface area contributed by atoms with Crippen LogP contribution in [0.4, 0.5) is 0 Å². The van der Waals surface area contributed by atoms with Gasteiger partial charge in [-0.2, -0.15) is 0 Å².